The minimum absolute atomic E-state index is 0.0145. The minimum atomic E-state index is 0.0145. The summed E-state index contributed by atoms with van der Waals surface area (Å²) in [4.78, 5) is 25.3. The first-order chi connectivity index (χ1) is 9.54. The molecule has 5 heteroatoms. The van der Waals surface area contributed by atoms with Crippen LogP contribution in [0, 0.1) is 0 Å². The van der Waals surface area contributed by atoms with Gasteiger partial charge >= 0.3 is 0 Å². The van der Waals surface area contributed by atoms with Gasteiger partial charge in [-0.15, -0.1) is 0 Å². The number of benzene rings is 1. The van der Waals surface area contributed by atoms with Crippen molar-refractivity contribution in [2.45, 2.75) is 25.8 Å². The van der Waals surface area contributed by atoms with Crippen molar-refractivity contribution in [1.29, 1.82) is 0 Å². The number of amides is 1. The van der Waals surface area contributed by atoms with Crippen LogP contribution in [0.4, 0.5) is 0 Å². The van der Waals surface area contributed by atoms with Crippen LogP contribution in [-0.2, 0) is 4.79 Å². The molecule has 1 fully saturated rings. The first kappa shape index (κ1) is 15.0. The van der Waals surface area contributed by atoms with Crippen molar-refractivity contribution >= 4 is 23.3 Å². The minimum Gasteiger partial charge on any atom is -0.354 e. The normalized spacial score (nSPS) is 16.9. The summed E-state index contributed by atoms with van der Waals surface area (Å²) in [6.07, 6.45) is 1.79. The van der Waals surface area contributed by atoms with E-state index in [-0.39, 0.29) is 17.7 Å². The first-order valence-electron chi connectivity index (χ1n) is 6.83. The van der Waals surface area contributed by atoms with Crippen molar-refractivity contribution in [3.63, 3.8) is 0 Å². The molecule has 1 amide bonds. The Morgan fingerprint density at radius 1 is 1.25 bits per heavy atom. The molecule has 4 nitrogen and oxygen atoms in total. The second-order valence-electron chi connectivity index (χ2n) is 5.18. The van der Waals surface area contributed by atoms with Crippen LogP contribution >= 0.6 is 11.6 Å². The second-order valence-corrected chi connectivity index (χ2v) is 5.62. The molecule has 1 aliphatic heterocycles. The Kier molecular flexibility index (Phi) is 5.15. The molecule has 0 unspecified atom stereocenters. The van der Waals surface area contributed by atoms with Gasteiger partial charge in [-0.3, -0.25) is 14.5 Å². The molecular formula is C15H19ClN2O2. The largest absolute Gasteiger partial charge is 0.354 e. The lowest BCUT2D eigenvalue weighted by molar-refractivity contribution is -0.119. The number of likely N-dealkylation sites (tertiary alicyclic amines) is 1. The van der Waals surface area contributed by atoms with Gasteiger partial charge < -0.3 is 5.32 Å². The summed E-state index contributed by atoms with van der Waals surface area (Å²) in [5.74, 6) is 0.125. The summed E-state index contributed by atoms with van der Waals surface area (Å²) in [7, 11) is 0. The number of nitrogens with zero attached hydrogens (tertiary/aromatic N) is 1. The molecule has 0 aromatic heterocycles. The number of carbonyl (C=O) groups excluding carboxylic acids is 2. The zero-order chi connectivity index (χ0) is 14.5. The second kappa shape index (κ2) is 6.86. The lowest BCUT2D eigenvalue weighted by atomic mass is 10.0. The van der Waals surface area contributed by atoms with E-state index in [9.17, 15) is 9.59 Å². The molecule has 1 aromatic rings. The molecule has 0 atom stereocenters. The summed E-state index contributed by atoms with van der Waals surface area (Å²) in [5.41, 5.74) is 0.693. The van der Waals surface area contributed by atoms with Crippen molar-refractivity contribution in [2.24, 2.45) is 0 Å². The van der Waals surface area contributed by atoms with Crippen LogP contribution in [0.15, 0.2) is 24.3 Å². The van der Waals surface area contributed by atoms with Gasteiger partial charge in [0.2, 0.25) is 5.91 Å². The quantitative estimate of drug-likeness (QED) is 0.866. The Morgan fingerprint density at radius 2 is 1.85 bits per heavy atom. The van der Waals surface area contributed by atoms with E-state index in [0.29, 0.717) is 17.1 Å². The number of hydrogen-bond acceptors (Lipinski definition) is 3. The van der Waals surface area contributed by atoms with Crippen LogP contribution in [-0.4, -0.2) is 42.3 Å². The fourth-order valence-electron chi connectivity index (χ4n) is 2.45. The van der Waals surface area contributed by atoms with Crippen molar-refractivity contribution < 1.29 is 9.59 Å². The highest BCUT2D eigenvalue weighted by molar-refractivity contribution is 6.30. The smallest absolute Gasteiger partial charge is 0.217 e. The van der Waals surface area contributed by atoms with Crippen LogP contribution in [0.5, 0.6) is 0 Å². The summed E-state index contributed by atoms with van der Waals surface area (Å²) >= 11 is 5.81. The van der Waals surface area contributed by atoms with Gasteiger partial charge in [-0.2, -0.15) is 0 Å². The van der Waals surface area contributed by atoms with Gasteiger partial charge in [-0.25, -0.2) is 0 Å². The van der Waals surface area contributed by atoms with Crippen LogP contribution < -0.4 is 5.32 Å². The highest BCUT2D eigenvalue weighted by Gasteiger charge is 2.21. The summed E-state index contributed by atoms with van der Waals surface area (Å²) < 4.78 is 0. The number of hydrogen-bond donors (Lipinski definition) is 1. The van der Waals surface area contributed by atoms with Crippen molar-refractivity contribution in [1.82, 2.24) is 10.2 Å². The molecule has 1 heterocycles. The summed E-state index contributed by atoms with van der Waals surface area (Å²) in [5, 5.41) is 3.57. The molecule has 1 saturated heterocycles. The number of carbonyl (C=O) groups is 2. The van der Waals surface area contributed by atoms with Crippen LogP contribution in [0.3, 0.4) is 0 Å². The predicted molar refractivity (Wildman–Crippen MR) is 79.1 cm³/mol. The third-order valence-corrected chi connectivity index (χ3v) is 3.78. The van der Waals surface area contributed by atoms with E-state index < -0.39 is 0 Å². The van der Waals surface area contributed by atoms with E-state index in [0.717, 1.165) is 25.9 Å². The molecule has 108 valence electrons. The van der Waals surface area contributed by atoms with E-state index >= 15 is 0 Å². The molecule has 1 N–H and O–H groups in total. The lowest BCUT2D eigenvalue weighted by Crippen LogP contribution is -2.45. The fraction of sp³-hybridized carbons (Fsp3) is 0.467. The number of nitrogens with one attached hydrogen (secondary N) is 1. The Morgan fingerprint density at radius 3 is 2.40 bits per heavy atom. The Labute approximate surface area is 124 Å². The maximum atomic E-state index is 12.1. The maximum Gasteiger partial charge on any atom is 0.217 e. The molecule has 0 radical (unpaired) electrons. The number of piperidine rings is 1. The zero-order valence-corrected chi connectivity index (χ0v) is 12.3. The van der Waals surface area contributed by atoms with Gasteiger partial charge in [0.1, 0.15) is 0 Å². The van der Waals surface area contributed by atoms with Crippen molar-refractivity contribution in [3.8, 4) is 0 Å². The zero-order valence-electron chi connectivity index (χ0n) is 11.6. The molecule has 1 aromatic carbocycles. The van der Waals surface area contributed by atoms with Gasteiger partial charge in [-0.1, -0.05) is 11.6 Å². The van der Waals surface area contributed by atoms with Crippen molar-refractivity contribution in [3.05, 3.63) is 34.9 Å². The SMILES string of the molecule is CC(=O)NC1CCN(CC(=O)c2ccc(Cl)cc2)CC1. The predicted octanol–water partition coefficient (Wildman–Crippen LogP) is 2.12. The standard InChI is InChI=1S/C15H19ClN2O2/c1-11(19)17-14-6-8-18(9-7-14)10-15(20)12-2-4-13(16)5-3-12/h2-5,14H,6-10H2,1H3,(H,17,19). The highest BCUT2D eigenvalue weighted by atomic mass is 35.5. The maximum absolute atomic E-state index is 12.1. The summed E-state index contributed by atoms with van der Waals surface area (Å²) in [6, 6.07) is 7.23. The monoisotopic (exact) mass is 294 g/mol. The van der Waals surface area contributed by atoms with Gasteiger partial charge in [0.15, 0.2) is 5.78 Å². The van der Waals surface area contributed by atoms with Crippen molar-refractivity contribution in [2.75, 3.05) is 19.6 Å². The van der Waals surface area contributed by atoms with E-state index in [1.807, 2.05) is 0 Å². The molecule has 1 aliphatic rings. The average molecular weight is 295 g/mol. The van der Waals surface area contributed by atoms with Gasteiger partial charge in [0.05, 0.1) is 6.54 Å². The molecule has 0 spiro atoms. The molecule has 0 bridgehead atoms. The first-order valence-corrected chi connectivity index (χ1v) is 7.20. The topological polar surface area (TPSA) is 49.4 Å². The Hall–Kier alpha value is -1.39. The fourth-order valence-corrected chi connectivity index (χ4v) is 2.58. The number of halogens is 1. The number of Topliss-reactive ketones (excluding diaryl/α,β-unsaturated/α-hetero) is 1. The van der Waals surface area contributed by atoms with E-state index in [1.165, 1.54) is 6.92 Å². The van der Waals surface area contributed by atoms with E-state index in [2.05, 4.69) is 10.2 Å². The van der Waals surface area contributed by atoms with E-state index in [4.69, 9.17) is 11.6 Å². The third-order valence-electron chi connectivity index (χ3n) is 3.53. The summed E-state index contributed by atoms with van der Waals surface area (Å²) in [6.45, 7) is 3.64. The number of rotatable bonds is 4. The van der Waals surface area contributed by atoms with Crippen LogP contribution in [0.2, 0.25) is 5.02 Å². The van der Waals surface area contributed by atoms with Crippen LogP contribution in [0.25, 0.3) is 0 Å². The number of ketones is 1. The Bertz CT molecular complexity index is 479. The highest BCUT2D eigenvalue weighted by Crippen LogP contribution is 2.13. The average Bonchev–Trinajstić information content (AvgIpc) is 2.41. The molecular weight excluding hydrogens is 276 g/mol. The lowest BCUT2D eigenvalue weighted by Gasteiger charge is -2.31. The van der Waals surface area contributed by atoms with Gasteiger partial charge in [-0.05, 0) is 37.1 Å². The molecule has 2 rings (SSSR count). The van der Waals surface area contributed by atoms with Crippen LogP contribution in [0.1, 0.15) is 30.1 Å². The Balaban J connectivity index is 1.82. The van der Waals surface area contributed by atoms with E-state index in [1.54, 1.807) is 24.3 Å². The van der Waals surface area contributed by atoms with Gasteiger partial charge in [0, 0.05) is 36.6 Å². The third kappa shape index (κ3) is 4.32. The van der Waals surface area contributed by atoms with Gasteiger partial charge in [0.25, 0.3) is 0 Å². The molecule has 0 saturated carbocycles. The molecule has 0 aliphatic carbocycles. The molecule has 20 heavy (non-hydrogen) atoms.